The molecule has 6 nitrogen and oxygen atoms in total. The van der Waals surface area contributed by atoms with Gasteiger partial charge in [0.05, 0.1) is 12.0 Å². The van der Waals surface area contributed by atoms with Crippen molar-refractivity contribution in [3.8, 4) is 5.75 Å². The van der Waals surface area contributed by atoms with Gasteiger partial charge < -0.3 is 10.1 Å². The molecule has 10 heteroatoms. The molecular formula is C20H21ClF2N2O4S. The van der Waals surface area contributed by atoms with Crippen molar-refractivity contribution in [1.29, 1.82) is 0 Å². The van der Waals surface area contributed by atoms with Crippen molar-refractivity contribution in [3.05, 3.63) is 58.6 Å². The van der Waals surface area contributed by atoms with E-state index in [2.05, 4.69) is 5.32 Å². The molecule has 0 unspecified atom stereocenters. The Balaban J connectivity index is 2.07. The molecule has 1 heterocycles. The van der Waals surface area contributed by atoms with Crippen LogP contribution in [0.4, 0.5) is 8.78 Å². The molecule has 1 saturated heterocycles. The molecule has 0 aromatic heterocycles. The summed E-state index contributed by atoms with van der Waals surface area (Å²) in [4.78, 5) is 12.5. The molecule has 1 aliphatic heterocycles. The summed E-state index contributed by atoms with van der Waals surface area (Å²) in [5.41, 5.74) is -0.206. The van der Waals surface area contributed by atoms with Crippen LogP contribution >= 0.6 is 11.6 Å². The lowest BCUT2D eigenvalue weighted by molar-refractivity contribution is -0.124. The van der Waals surface area contributed by atoms with E-state index in [1.807, 2.05) is 0 Å². The normalized spacial score (nSPS) is 17.5. The molecule has 2 aromatic carbocycles. The van der Waals surface area contributed by atoms with Crippen LogP contribution in [0.3, 0.4) is 0 Å². The van der Waals surface area contributed by atoms with E-state index in [1.165, 1.54) is 31.4 Å². The number of benzene rings is 2. The summed E-state index contributed by atoms with van der Waals surface area (Å²) < 4.78 is 61.2. The van der Waals surface area contributed by atoms with Crippen molar-refractivity contribution < 1.29 is 26.7 Å². The number of carbonyl (C=O) groups is 1. The zero-order chi connectivity index (χ0) is 21.9. The molecule has 2 aromatic rings. The Bertz CT molecular complexity index is 1030. The summed E-state index contributed by atoms with van der Waals surface area (Å²) in [5.74, 6) is -2.43. The fourth-order valence-corrected chi connectivity index (χ4v) is 5.04. The van der Waals surface area contributed by atoms with Gasteiger partial charge in [0.2, 0.25) is 15.9 Å². The van der Waals surface area contributed by atoms with Gasteiger partial charge in [-0.2, -0.15) is 4.31 Å². The molecule has 1 fully saturated rings. The third-order valence-corrected chi connectivity index (χ3v) is 7.04. The lowest BCUT2D eigenvalue weighted by atomic mass is 10.1. The minimum Gasteiger partial charge on any atom is -0.494 e. The van der Waals surface area contributed by atoms with Gasteiger partial charge in [0.15, 0.2) is 11.6 Å². The number of halogens is 3. The maximum absolute atomic E-state index is 14.6. The van der Waals surface area contributed by atoms with Crippen LogP contribution in [0, 0.1) is 11.6 Å². The van der Waals surface area contributed by atoms with Gasteiger partial charge in [0.25, 0.3) is 0 Å². The molecule has 3 rings (SSSR count). The van der Waals surface area contributed by atoms with Gasteiger partial charge in [0, 0.05) is 29.7 Å². The highest BCUT2D eigenvalue weighted by Gasteiger charge is 2.37. The Morgan fingerprint density at radius 1 is 1.17 bits per heavy atom. The van der Waals surface area contributed by atoms with E-state index in [9.17, 15) is 22.0 Å². The van der Waals surface area contributed by atoms with Gasteiger partial charge in [-0.05, 0) is 49.6 Å². The molecule has 1 atom stereocenters. The monoisotopic (exact) mass is 458 g/mol. The molecule has 30 heavy (non-hydrogen) atoms. The van der Waals surface area contributed by atoms with E-state index < -0.39 is 40.2 Å². The number of methoxy groups -OCH3 is 1. The predicted octanol–water partition coefficient (Wildman–Crippen LogP) is 3.49. The summed E-state index contributed by atoms with van der Waals surface area (Å²) >= 11 is 5.86. The van der Waals surface area contributed by atoms with Crippen molar-refractivity contribution >= 4 is 27.5 Å². The van der Waals surface area contributed by atoms with E-state index >= 15 is 0 Å². The van der Waals surface area contributed by atoms with Crippen LogP contribution < -0.4 is 10.1 Å². The van der Waals surface area contributed by atoms with Crippen molar-refractivity contribution in [3.63, 3.8) is 0 Å². The molecule has 162 valence electrons. The molecule has 0 saturated carbocycles. The number of nitrogens with zero attached hydrogens (tertiary/aromatic N) is 1. The highest BCUT2D eigenvalue weighted by atomic mass is 35.5. The lowest BCUT2D eigenvalue weighted by Crippen LogP contribution is -2.48. The number of amides is 1. The fourth-order valence-electron chi connectivity index (χ4n) is 3.32. The van der Waals surface area contributed by atoms with E-state index in [1.54, 1.807) is 0 Å². The van der Waals surface area contributed by atoms with Gasteiger partial charge in [0.1, 0.15) is 11.9 Å². The Kier molecular flexibility index (Phi) is 6.95. The minimum absolute atomic E-state index is 0.0988. The Hall–Kier alpha value is -2.23. The van der Waals surface area contributed by atoms with Crippen LogP contribution in [0.1, 0.15) is 24.8 Å². The van der Waals surface area contributed by atoms with Crippen molar-refractivity contribution in [1.82, 2.24) is 9.62 Å². The van der Waals surface area contributed by atoms with Crippen LogP contribution in [0.2, 0.25) is 5.02 Å². The lowest BCUT2D eigenvalue weighted by Gasteiger charge is -2.29. The maximum atomic E-state index is 14.6. The zero-order valence-electron chi connectivity index (χ0n) is 16.2. The quantitative estimate of drug-likeness (QED) is 0.719. The molecule has 0 bridgehead atoms. The summed E-state index contributed by atoms with van der Waals surface area (Å²) in [7, 11) is -3.02. The second kappa shape index (κ2) is 9.28. The Labute approximate surface area is 178 Å². The van der Waals surface area contributed by atoms with Crippen LogP contribution in [0.25, 0.3) is 0 Å². The first kappa shape index (κ1) is 22.5. The van der Waals surface area contributed by atoms with Crippen molar-refractivity contribution in [2.45, 2.75) is 36.7 Å². The van der Waals surface area contributed by atoms with Gasteiger partial charge in [-0.3, -0.25) is 4.79 Å². The largest absolute Gasteiger partial charge is 0.494 e. The van der Waals surface area contributed by atoms with E-state index in [0.29, 0.717) is 24.4 Å². The van der Waals surface area contributed by atoms with Gasteiger partial charge >= 0.3 is 0 Å². The molecule has 1 amide bonds. The molecule has 0 aliphatic carbocycles. The number of sulfonamides is 1. The average Bonchev–Trinajstić information content (AvgIpc) is 2.92. The number of ether oxygens (including phenoxy) is 1. The zero-order valence-corrected chi connectivity index (χ0v) is 17.8. The summed E-state index contributed by atoms with van der Waals surface area (Å²) in [6.45, 7) is -0.0918. The number of hydrogen-bond donors (Lipinski definition) is 1. The topological polar surface area (TPSA) is 75.7 Å². The van der Waals surface area contributed by atoms with Crippen LogP contribution in [0.15, 0.2) is 41.3 Å². The summed E-state index contributed by atoms with van der Waals surface area (Å²) in [5, 5.41) is 3.03. The fraction of sp³-hybridized carbons (Fsp3) is 0.350. The molecular weight excluding hydrogens is 438 g/mol. The predicted molar refractivity (Wildman–Crippen MR) is 108 cm³/mol. The first-order valence-corrected chi connectivity index (χ1v) is 11.1. The first-order valence-electron chi connectivity index (χ1n) is 9.31. The average molecular weight is 459 g/mol. The molecule has 1 aliphatic rings. The van der Waals surface area contributed by atoms with Crippen LogP contribution in [-0.4, -0.2) is 38.3 Å². The molecule has 0 spiro atoms. The smallest absolute Gasteiger partial charge is 0.244 e. The van der Waals surface area contributed by atoms with Crippen LogP contribution in [0.5, 0.6) is 5.75 Å². The first-order chi connectivity index (χ1) is 14.2. The molecule has 0 radical (unpaired) electrons. The van der Waals surface area contributed by atoms with Crippen LogP contribution in [-0.2, 0) is 21.4 Å². The Morgan fingerprint density at radius 2 is 1.87 bits per heavy atom. The number of carbonyl (C=O) groups excluding carboxylic acids is 1. The van der Waals surface area contributed by atoms with E-state index in [-0.39, 0.29) is 22.6 Å². The third-order valence-electron chi connectivity index (χ3n) is 4.92. The van der Waals surface area contributed by atoms with E-state index in [4.69, 9.17) is 16.3 Å². The van der Waals surface area contributed by atoms with Crippen molar-refractivity contribution in [2.24, 2.45) is 0 Å². The number of rotatable bonds is 6. The summed E-state index contributed by atoms with van der Waals surface area (Å²) in [6.07, 6.45) is 1.57. The number of nitrogens with one attached hydrogen (secondary N) is 1. The van der Waals surface area contributed by atoms with Gasteiger partial charge in [-0.15, -0.1) is 0 Å². The summed E-state index contributed by atoms with van der Waals surface area (Å²) in [6, 6.07) is 6.12. The van der Waals surface area contributed by atoms with Gasteiger partial charge in [-0.25, -0.2) is 17.2 Å². The highest BCUT2D eigenvalue weighted by Crippen LogP contribution is 2.28. The highest BCUT2D eigenvalue weighted by molar-refractivity contribution is 7.89. The minimum atomic E-state index is -4.22. The standard InChI is InChI=1S/C20H21ClF2N2O4S/c1-29-19-11-16(22)13(10-17(19)23)12-25(18-4-2-3-9-24-20(18)26)30(27,28)15-7-5-14(21)6-8-15/h5-8,10-11,18H,2-4,9,12H2,1H3,(H,24,26)/t18-/m1/s1. The third kappa shape index (κ3) is 4.74. The Morgan fingerprint density at radius 3 is 2.53 bits per heavy atom. The second-order valence-electron chi connectivity index (χ2n) is 6.88. The number of hydrogen-bond acceptors (Lipinski definition) is 4. The second-order valence-corrected chi connectivity index (χ2v) is 9.21. The molecule has 1 N–H and O–H groups in total. The maximum Gasteiger partial charge on any atom is 0.244 e. The SMILES string of the molecule is COc1cc(F)c(CN([C@@H]2CCCCNC2=O)S(=O)(=O)c2ccc(Cl)cc2)cc1F. The van der Waals surface area contributed by atoms with Gasteiger partial charge in [-0.1, -0.05) is 11.6 Å². The van der Waals surface area contributed by atoms with E-state index in [0.717, 1.165) is 16.4 Å². The van der Waals surface area contributed by atoms with Crippen molar-refractivity contribution in [2.75, 3.05) is 13.7 Å².